The molecule has 3 aliphatic heterocycles. The number of hydrogen-bond acceptors (Lipinski definition) is 11. The van der Waals surface area contributed by atoms with Gasteiger partial charge in [-0.25, -0.2) is 10.4 Å². The lowest BCUT2D eigenvalue weighted by atomic mass is 10.0. The number of hydrazone groups is 1. The minimum absolute atomic E-state index is 0.240. The number of aromatic nitrogens is 1. The molecule has 1 aromatic rings. The molecule has 0 spiro atoms. The van der Waals surface area contributed by atoms with Crippen LogP contribution in [0.4, 0.5) is 0 Å². The van der Waals surface area contributed by atoms with Gasteiger partial charge in [-0.1, -0.05) is 17.1 Å². The standard InChI is InChI=1S/C17H24N10O2/c18-15-16(24-29-23-15)27-13(11-26-8-2-1-3-9-26)14(21-25-27)17(28)22-20-10-12-4-6-19-7-5-12/h4-7,10,13-14,16,24H,1-3,8-9,11H2,(H2,18,23)(H,22,28)/b20-10+. The van der Waals surface area contributed by atoms with Gasteiger partial charge in [-0.05, 0) is 48.8 Å². The molecule has 1 saturated heterocycles. The quantitative estimate of drug-likeness (QED) is 0.434. The Hall–Kier alpha value is -3.12. The van der Waals surface area contributed by atoms with E-state index >= 15 is 0 Å². The number of amidine groups is 1. The highest BCUT2D eigenvalue weighted by Crippen LogP contribution is 2.24. The summed E-state index contributed by atoms with van der Waals surface area (Å²) in [4.78, 5) is 23.9. The maximum atomic E-state index is 12.8. The number of pyridine rings is 1. The first-order valence-corrected chi connectivity index (χ1v) is 9.61. The molecule has 0 saturated carbocycles. The lowest BCUT2D eigenvalue weighted by molar-refractivity contribution is -0.123. The van der Waals surface area contributed by atoms with Gasteiger partial charge in [-0.3, -0.25) is 14.7 Å². The summed E-state index contributed by atoms with van der Waals surface area (Å²) in [7, 11) is 0. The van der Waals surface area contributed by atoms with Crippen LogP contribution in [0.1, 0.15) is 24.8 Å². The fraction of sp³-hybridized carbons (Fsp3) is 0.529. The SMILES string of the molecule is NC1=NONC1N1N=NC(C(=O)N/N=C/c2ccncc2)C1CN1CCCCC1. The summed E-state index contributed by atoms with van der Waals surface area (Å²) >= 11 is 0. The third-order valence-electron chi connectivity index (χ3n) is 5.10. The molecular formula is C17H24N10O2. The van der Waals surface area contributed by atoms with Crippen LogP contribution in [0.15, 0.2) is 45.1 Å². The number of hydroxylamine groups is 1. The highest BCUT2D eigenvalue weighted by Gasteiger charge is 2.44. The molecule has 0 aliphatic carbocycles. The Bertz CT molecular complexity index is 793. The van der Waals surface area contributed by atoms with Crippen LogP contribution < -0.4 is 16.6 Å². The number of nitrogens with one attached hydrogen (secondary N) is 2. The number of rotatable bonds is 6. The van der Waals surface area contributed by atoms with Crippen molar-refractivity contribution in [1.82, 2.24) is 25.8 Å². The van der Waals surface area contributed by atoms with Gasteiger partial charge in [0.2, 0.25) is 0 Å². The fourth-order valence-corrected chi connectivity index (χ4v) is 3.58. The summed E-state index contributed by atoms with van der Waals surface area (Å²) in [6.45, 7) is 2.60. The molecule has 3 atom stereocenters. The van der Waals surface area contributed by atoms with Gasteiger partial charge < -0.3 is 10.6 Å². The lowest BCUT2D eigenvalue weighted by Gasteiger charge is -2.34. The van der Waals surface area contributed by atoms with E-state index in [1.54, 1.807) is 35.7 Å². The molecule has 4 heterocycles. The highest BCUT2D eigenvalue weighted by molar-refractivity contribution is 5.87. The maximum absolute atomic E-state index is 12.8. The molecule has 4 rings (SSSR count). The van der Waals surface area contributed by atoms with Crippen LogP contribution in [-0.4, -0.2) is 70.7 Å². The molecule has 0 radical (unpaired) electrons. The zero-order chi connectivity index (χ0) is 20.1. The lowest BCUT2D eigenvalue weighted by Crippen LogP contribution is -2.57. The van der Waals surface area contributed by atoms with Crippen molar-refractivity contribution >= 4 is 18.0 Å². The van der Waals surface area contributed by atoms with Crippen molar-refractivity contribution in [3.63, 3.8) is 0 Å². The predicted octanol–water partition coefficient (Wildman–Crippen LogP) is -0.429. The minimum atomic E-state index is -0.721. The van der Waals surface area contributed by atoms with E-state index in [4.69, 9.17) is 10.7 Å². The Morgan fingerprint density at radius 1 is 1.34 bits per heavy atom. The summed E-state index contributed by atoms with van der Waals surface area (Å²) in [6, 6.07) is 2.54. The topological polar surface area (TPSA) is 145 Å². The van der Waals surface area contributed by atoms with Crippen molar-refractivity contribution in [2.75, 3.05) is 19.6 Å². The van der Waals surface area contributed by atoms with E-state index in [2.05, 4.69) is 41.4 Å². The van der Waals surface area contributed by atoms with E-state index in [0.29, 0.717) is 6.54 Å². The van der Waals surface area contributed by atoms with Crippen LogP contribution in [-0.2, 0) is 9.73 Å². The molecule has 12 heteroatoms. The number of amides is 1. The highest BCUT2D eigenvalue weighted by atomic mass is 16.8. The molecule has 29 heavy (non-hydrogen) atoms. The van der Waals surface area contributed by atoms with E-state index < -0.39 is 12.2 Å². The largest absolute Gasteiger partial charge is 0.381 e. The summed E-state index contributed by atoms with van der Waals surface area (Å²) in [5.74, 6) is -0.0950. The molecule has 12 nitrogen and oxygen atoms in total. The van der Waals surface area contributed by atoms with E-state index in [1.807, 2.05) is 0 Å². The van der Waals surface area contributed by atoms with Crippen LogP contribution in [0.3, 0.4) is 0 Å². The average Bonchev–Trinajstić information content (AvgIpc) is 3.35. The van der Waals surface area contributed by atoms with Gasteiger partial charge in [-0.2, -0.15) is 10.2 Å². The van der Waals surface area contributed by atoms with Crippen molar-refractivity contribution < 1.29 is 9.73 Å². The Labute approximate surface area is 167 Å². The second-order valence-electron chi connectivity index (χ2n) is 7.10. The van der Waals surface area contributed by atoms with Gasteiger partial charge >= 0.3 is 0 Å². The molecule has 0 aromatic carbocycles. The van der Waals surface area contributed by atoms with Crippen LogP contribution in [0, 0.1) is 0 Å². The van der Waals surface area contributed by atoms with Gasteiger partial charge in [0.25, 0.3) is 5.91 Å². The van der Waals surface area contributed by atoms with Crippen LogP contribution in [0.2, 0.25) is 0 Å². The van der Waals surface area contributed by atoms with Gasteiger partial charge in [-0.15, -0.1) is 0 Å². The number of carbonyl (C=O) groups is 1. The number of oxime groups is 1. The predicted molar refractivity (Wildman–Crippen MR) is 104 cm³/mol. The summed E-state index contributed by atoms with van der Waals surface area (Å²) in [6.07, 6.45) is 7.81. The van der Waals surface area contributed by atoms with Gasteiger partial charge in [0, 0.05) is 18.9 Å². The molecule has 3 aliphatic rings. The van der Waals surface area contributed by atoms with Gasteiger partial charge in [0.1, 0.15) is 0 Å². The second-order valence-corrected chi connectivity index (χ2v) is 7.10. The van der Waals surface area contributed by atoms with E-state index in [-0.39, 0.29) is 17.8 Å². The van der Waals surface area contributed by atoms with E-state index in [0.717, 1.165) is 31.5 Å². The third kappa shape index (κ3) is 4.49. The molecule has 1 amide bonds. The number of carbonyl (C=O) groups excluding carboxylic acids is 1. The molecule has 1 aromatic heterocycles. The Balaban J connectivity index is 1.44. The van der Waals surface area contributed by atoms with E-state index in [9.17, 15) is 4.79 Å². The van der Waals surface area contributed by atoms with Crippen molar-refractivity contribution in [3.8, 4) is 0 Å². The number of piperidine rings is 1. The molecule has 0 bridgehead atoms. The van der Waals surface area contributed by atoms with Gasteiger partial charge in [0.15, 0.2) is 18.0 Å². The van der Waals surface area contributed by atoms with Crippen molar-refractivity contribution in [3.05, 3.63) is 30.1 Å². The first-order valence-electron chi connectivity index (χ1n) is 9.61. The zero-order valence-electron chi connectivity index (χ0n) is 15.9. The van der Waals surface area contributed by atoms with Crippen LogP contribution in [0.5, 0.6) is 0 Å². The molecule has 4 N–H and O–H groups in total. The van der Waals surface area contributed by atoms with Crippen molar-refractivity contribution in [2.24, 2.45) is 26.3 Å². The fourth-order valence-electron chi connectivity index (χ4n) is 3.58. The normalized spacial score (nSPS) is 27.2. The first kappa shape index (κ1) is 19.2. The Morgan fingerprint density at radius 3 is 2.86 bits per heavy atom. The molecule has 1 fully saturated rings. The molecule has 154 valence electrons. The summed E-state index contributed by atoms with van der Waals surface area (Å²) in [5, 5.41) is 17.8. The minimum Gasteiger partial charge on any atom is -0.381 e. The summed E-state index contributed by atoms with van der Waals surface area (Å²) < 4.78 is 0. The number of nitrogens with zero attached hydrogens (tertiary/aromatic N) is 7. The first-order chi connectivity index (χ1) is 14.2. The zero-order valence-corrected chi connectivity index (χ0v) is 15.9. The Morgan fingerprint density at radius 2 is 2.14 bits per heavy atom. The molecule has 3 unspecified atom stereocenters. The van der Waals surface area contributed by atoms with E-state index in [1.165, 1.54) is 6.42 Å². The van der Waals surface area contributed by atoms with Gasteiger partial charge in [0.05, 0.1) is 12.3 Å². The van der Waals surface area contributed by atoms with Crippen LogP contribution in [0.25, 0.3) is 0 Å². The number of hydrogen-bond donors (Lipinski definition) is 3. The van der Waals surface area contributed by atoms with Crippen LogP contribution >= 0.6 is 0 Å². The second kappa shape index (κ2) is 8.92. The number of nitrogens with two attached hydrogens (primary N) is 1. The number of likely N-dealkylation sites (tertiary alicyclic amines) is 1. The molecular weight excluding hydrogens is 376 g/mol. The smallest absolute Gasteiger partial charge is 0.269 e. The Kier molecular flexibility index (Phi) is 5.91. The van der Waals surface area contributed by atoms with Crippen molar-refractivity contribution in [1.29, 1.82) is 0 Å². The average molecular weight is 400 g/mol. The third-order valence-corrected chi connectivity index (χ3v) is 5.10. The summed E-state index contributed by atoms with van der Waals surface area (Å²) in [5.41, 5.74) is 12.0. The monoisotopic (exact) mass is 400 g/mol. The van der Waals surface area contributed by atoms with Crippen molar-refractivity contribution in [2.45, 2.75) is 37.5 Å². The maximum Gasteiger partial charge on any atom is 0.269 e.